The number of amides is 2. The Bertz CT molecular complexity index is 681. The fourth-order valence-electron chi connectivity index (χ4n) is 2.11. The minimum Gasteiger partial charge on any atom is -0.288 e. The number of benzene rings is 1. The van der Waals surface area contributed by atoms with Gasteiger partial charge in [-0.1, -0.05) is 30.3 Å². The summed E-state index contributed by atoms with van der Waals surface area (Å²) in [6.07, 6.45) is 6.69. The molecule has 102 valence electrons. The molecule has 0 spiro atoms. The number of imide groups is 1. The van der Waals surface area contributed by atoms with Crippen LogP contribution in [-0.4, -0.2) is 16.8 Å². The van der Waals surface area contributed by atoms with Gasteiger partial charge in [0.15, 0.2) is 0 Å². The van der Waals surface area contributed by atoms with Gasteiger partial charge in [-0.3, -0.25) is 19.9 Å². The monoisotopic (exact) mass is 276 g/mol. The summed E-state index contributed by atoms with van der Waals surface area (Å²) < 4.78 is 0. The minimum absolute atomic E-state index is 0.370. The predicted molar refractivity (Wildman–Crippen MR) is 79.8 cm³/mol. The quantitative estimate of drug-likeness (QED) is 0.675. The van der Waals surface area contributed by atoms with Crippen LogP contribution in [0.4, 0.5) is 0 Å². The average Bonchev–Trinajstić information content (AvgIpc) is 2.76. The molecule has 2 amide bonds. The zero-order chi connectivity index (χ0) is 14.7. The minimum atomic E-state index is -0.376. The second-order valence-electron chi connectivity index (χ2n) is 4.59. The topological polar surface area (TPSA) is 59.1 Å². The van der Waals surface area contributed by atoms with Gasteiger partial charge in [0.2, 0.25) is 0 Å². The second-order valence-corrected chi connectivity index (χ2v) is 4.59. The number of aromatic nitrogens is 1. The molecule has 2 heterocycles. The molecule has 0 saturated carbocycles. The van der Waals surface area contributed by atoms with Crippen LogP contribution in [0.25, 0.3) is 12.2 Å². The first-order chi connectivity index (χ1) is 10.2. The molecule has 0 aliphatic carbocycles. The Hall–Kier alpha value is -3.01. The van der Waals surface area contributed by atoms with Gasteiger partial charge in [0.1, 0.15) is 0 Å². The molecule has 1 saturated heterocycles. The molecule has 0 bridgehead atoms. The van der Waals surface area contributed by atoms with Crippen LogP contribution in [0.5, 0.6) is 0 Å². The number of hydrogen-bond donors (Lipinski definition) is 1. The van der Waals surface area contributed by atoms with Gasteiger partial charge in [-0.25, -0.2) is 0 Å². The number of nitrogens with zero attached hydrogens (tertiary/aromatic N) is 1. The smallest absolute Gasteiger partial charge is 0.258 e. The lowest BCUT2D eigenvalue weighted by Crippen LogP contribution is -2.19. The van der Waals surface area contributed by atoms with Crippen molar-refractivity contribution in [3.05, 3.63) is 77.1 Å². The van der Waals surface area contributed by atoms with Crippen molar-refractivity contribution >= 4 is 24.0 Å². The van der Waals surface area contributed by atoms with Gasteiger partial charge in [-0.2, -0.15) is 0 Å². The van der Waals surface area contributed by atoms with Crippen molar-refractivity contribution < 1.29 is 9.59 Å². The van der Waals surface area contributed by atoms with Crippen LogP contribution in [0.2, 0.25) is 0 Å². The molecule has 0 radical (unpaired) electrons. The first kappa shape index (κ1) is 13.0. The molecule has 1 aliphatic heterocycles. The maximum absolute atomic E-state index is 11.9. The Morgan fingerprint density at radius 3 is 1.86 bits per heavy atom. The molecule has 2 aromatic rings. The van der Waals surface area contributed by atoms with E-state index in [0.29, 0.717) is 11.1 Å². The van der Waals surface area contributed by atoms with Gasteiger partial charge in [0.05, 0.1) is 11.1 Å². The molecule has 21 heavy (non-hydrogen) atoms. The number of pyridine rings is 1. The van der Waals surface area contributed by atoms with E-state index in [0.717, 1.165) is 11.1 Å². The van der Waals surface area contributed by atoms with E-state index in [4.69, 9.17) is 0 Å². The second kappa shape index (κ2) is 5.54. The highest BCUT2D eigenvalue weighted by Gasteiger charge is 2.30. The normalized spacial score (nSPS) is 18.3. The summed E-state index contributed by atoms with van der Waals surface area (Å²) in [7, 11) is 0. The van der Waals surface area contributed by atoms with Gasteiger partial charge in [0.25, 0.3) is 11.8 Å². The van der Waals surface area contributed by atoms with E-state index in [2.05, 4.69) is 10.3 Å². The van der Waals surface area contributed by atoms with Gasteiger partial charge in [-0.05, 0) is 35.4 Å². The Labute approximate surface area is 121 Å². The van der Waals surface area contributed by atoms with Crippen LogP contribution in [0.1, 0.15) is 11.1 Å². The third-order valence-electron chi connectivity index (χ3n) is 3.13. The molecule has 1 N–H and O–H groups in total. The zero-order valence-electron chi connectivity index (χ0n) is 11.1. The van der Waals surface area contributed by atoms with Gasteiger partial charge < -0.3 is 0 Å². The summed E-state index contributed by atoms with van der Waals surface area (Å²) in [6.45, 7) is 0. The van der Waals surface area contributed by atoms with E-state index in [1.54, 1.807) is 36.7 Å². The summed E-state index contributed by atoms with van der Waals surface area (Å²) in [6, 6.07) is 13.0. The molecule has 1 aromatic carbocycles. The van der Waals surface area contributed by atoms with Gasteiger partial charge in [-0.15, -0.1) is 0 Å². The Morgan fingerprint density at radius 2 is 1.29 bits per heavy atom. The molecule has 1 aliphatic rings. The van der Waals surface area contributed by atoms with E-state index in [1.165, 1.54) is 0 Å². The molecule has 4 heteroatoms. The van der Waals surface area contributed by atoms with Crippen molar-refractivity contribution in [3.8, 4) is 0 Å². The van der Waals surface area contributed by atoms with Crippen LogP contribution in [0, 0.1) is 0 Å². The van der Waals surface area contributed by atoms with Crippen LogP contribution in [0.15, 0.2) is 66.0 Å². The lowest BCUT2D eigenvalue weighted by atomic mass is 10.0. The van der Waals surface area contributed by atoms with Crippen LogP contribution in [0.3, 0.4) is 0 Å². The van der Waals surface area contributed by atoms with E-state index in [-0.39, 0.29) is 11.8 Å². The number of rotatable bonds is 2. The molecule has 1 fully saturated rings. The first-order valence-electron chi connectivity index (χ1n) is 6.48. The Balaban J connectivity index is 2.05. The molecule has 0 atom stereocenters. The van der Waals surface area contributed by atoms with E-state index in [9.17, 15) is 9.59 Å². The maximum atomic E-state index is 11.9. The van der Waals surface area contributed by atoms with Crippen LogP contribution < -0.4 is 5.32 Å². The van der Waals surface area contributed by atoms with Crippen molar-refractivity contribution in [2.45, 2.75) is 0 Å². The number of carbonyl (C=O) groups excluding carboxylic acids is 2. The van der Waals surface area contributed by atoms with Crippen LogP contribution >= 0.6 is 0 Å². The van der Waals surface area contributed by atoms with Crippen molar-refractivity contribution in [1.82, 2.24) is 10.3 Å². The maximum Gasteiger partial charge on any atom is 0.258 e. The summed E-state index contributed by atoms with van der Waals surface area (Å²) in [5.41, 5.74) is 2.44. The largest absolute Gasteiger partial charge is 0.288 e. The van der Waals surface area contributed by atoms with Gasteiger partial charge >= 0.3 is 0 Å². The van der Waals surface area contributed by atoms with Crippen molar-refractivity contribution in [2.75, 3.05) is 0 Å². The lowest BCUT2D eigenvalue weighted by molar-refractivity contribution is -0.123. The van der Waals surface area contributed by atoms with Crippen molar-refractivity contribution in [1.29, 1.82) is 0 Å². The average molecular weight is 276 g/mol. The summed E-state index contributed by atoms with van der Waals surface area (Å²) in [5.74, 6) is -0.747. The van der Waals surface area contributed by atoms with Crippen LogP contribution in [-0.2, 0) is 9.59 Å². The van der Waals surface area contributed by atoms with Gasteiger partial charge in [0, 0.05) is 12.4 Å². The standard InChI is InChI=1S/C17H12N2O2/c20-16-14(10-12-4-2-1-3-5-12)15(17(21)19-16)11-13-6-8-18-9-7-13/h1-11H,(H,19,20,21). The third kappa shape index (κ3) is 2.79. The van der Waals surface area contributed by atoms with Crippen molar-refractivity contribution in [2.24, 2.45) is 0 Å². The highest BCUT2D eigenvalue weighted by molar-refractivity contribution is 6.28. The number of hydrogen-bond acceptors (Lipinski definition) is 3. The zero-order valence-corrected chi connectivity index (χ0v) is 11.1. The first-order valence-corrected chi connectivity index (χ1v) is 6.48. The summed E-state index contributed by atoms with van der Waals surface area (Å²) >= 11 is 0. The third-order valence-corrected chi connectivity index (χ3v) is 3.13. The molecule has 3 rings (SSSR count). The molecular formula is C17H12N2O2. The lowest BCUT2D eigenvalue weighted by Gasteiger charge is -1.98. The summed E-state index contributed by atoms with van der Waals surface area (Å²) in [5, 5.41) is 2.33. The fraction of sp³-hybridized carbons (Fsp3) is 0. The highest BCUT2D eigenvalue weighted by Crippen LogP contribution is 2.23. The molecule has 4 nitrogen and oxygen atoms in total. The SMILES string of the molecule is O=C1NC(=O)C(=Cc2ccncc2)C1=Cc1ccccc1. The number of nitrogens with one attached hydrogen (secondary N) is 1. The Morgan fingerprint density at radius 1 is 0.762 bits per heavy atom. The van der Waals surface area contributed by atoms with E-state index >= 15 is 0 Å². The fourth-order valence-corrected chi connectivity index (χ4v) is 2.11. The Kier molecular flexibility index (Phi) is 3.43. The molecule has 0 unspecified atom stereocenters. The molecule has 1 aromatic heterocycles. The summed E-state index contributed by atoms with van der Waals surface area (Å²) in [4.78, 5) is 27.8. The van der Waals surface area contributed by atoms with E-state index in [1.807, 2.05) is 30.3 Å². The van der Waals surface area contributed by atoms with Crippen molar-refractivity contribution in [3.63, 3.8) is 0 Å². The highest BCUT2D eigenvalue weighted by atomic mass is 16.2. The molecular weight excluding hydrogens is 264 g/mol. The number of carbonyl (C=O) groups is 2. The van der Waals surface area contributed by atoms with E-state index < -0.39 is 0 Å². The predicted octanol–water partition coefficient (Wildman–Crippen LogP) is 2.21.